The summed E-state index contributed by atoms with van der Waals surface area (Å²) in [5.41, 5.74) is 1.58. The van der Waals surface area contributed by atoms with E-state index in [1.54, 1.807) is 30.5 Å². The maximum Gasteiger partial charge on any atom is 0.264 e. The van der Waals surface area contributed by atoms with Crippen LogP contribution in [0.15, 0.2) is 41.7 Å². The third-order valence-corrected chi connectivity index (χ3v) is 4.26. The second kappa shape index (κ2) is 4.57. The van der Waals surface area contributed by atoms with Gasteiger partial charge in [-0.05, 0) is 30.7 Å². The SMILES string of the molecule is Cc1ccc(S(=O)(=O)Nc2ncn[nH]2)c2cccnc12. The lowest BCUT2D eigenvalue weighted by atomic mass is 10.1. The minimum Gasteiger partial charge on any atom is -0.256 e. The molecule has 0 aliphatic rings. The number of aromatic amines is 1. The number of pyridine rings is 1. The molecule has 0 saturated carbocycles. The molecule has 7 nitrogen and oxygen atoms in total. The average Bonchev–Trinajstić information content (AvgIpc) is 2.91. The molecule has 0 bridgehead atoms. The number of fused-ring (bicyclic) bond motifs is 1. The molecule has 20 heavy (non-hydrogen) atoms. The largest absolute Gasteiger partial charge is 0.264 e. The normalized spacial score (nSPS) is 11.7. The molecule has 0 aliphatic heterocycles. The van der Waals surface area contributed by atoms with E-state index in [4.69, 9.17) is 0 Å². The molecule has 3 rings (SSSR count). The fraction of sp³-hybridized carbons (Fsp3) is 0.0833. The molecular weight excluding hydrogens is 278 g/mol. The number of nitrogens with one attached hydrogen (secondary N) is 2. The molecule has 2 heterocycles. The van der Waals surface area contributed by atoms with Crippen molar-refractivity contribution >= 4 is 26.9 Å². The molecule has 0 radical (unpaired) electrons. The molecule has 1 aromatic carbocycles. The van der Waals surface area contributed by atoms with Crippen LogP contribution in [-0.2, 0) is 10.0 Å². The van der Waals surface area contributed by atoms with Gasteiger partial charge in [-0.2, -0.15) is 10.1 Å². The van der Waals surface area contributed by atoms with E-state index >= 15 is 0 Å². The summed E-state index contributed by atoms with van der Waals surface area (Å²) in [6.45, 7) is 1.88. The van der Waals surface area contributed by atoms with Crippen molar-refractivity contribution in [1.29, 1.82) is 0 Å². The molecule has 0 spiro atoms. The van der Waals surface area contributed by atoms with Gasteiger partial charge in [-0.3, -0.25) is 4.98 Å². The smallest absolute Gasteiger partial charge is 0.256 e. The van der Waals surface area contributed by atoms with E-state index in [1.807, 2.05) is 6.92 Å². The lowest BCUT2D eigenvalue weighted by molar-refractivity contribution is 0.601. The number of nitrogens with zero attached hydrogens (tertiary/aromatic N) is 3. The molecule has 2 aromatic heterocycles. The zero-order valence-corrected chi connectivity index (χ0v) is 11.3. The monoisotopic (exact) mass is 289 g/mol. The van der Waals surface area contributed by atoms with Gasteiger partial charge in [0.1, 0.15) is 6.33 Å². The Bertz CT molecular complexity index is 859. The van der Waals surface area contributed by atoms with Crippen molar-refractivity contribution in [1.82, 2.24) is 20.2 Å². The molecule has 0 saturated heterocycles. The highest BCUT2D eigenvalue weighted by Crippen LogP contribution is 2.25. The molecule has 8 heteroatoms. The van der Waals surface area contributed by atoms with Gasteiger partial charge >= 0.3 is 0 Å². The van der Waals surface area contributed by atoms with Gasteiger partial charge in [-0.25, -0.2) is 18.2 Å². The minimum absolute atomic E-state index is 0.0719. The number of aromatic nitrogens is 4. The van der Waals surface area contributed by atoms with Crippen molar-refractivity contribution in [3.63, 3.8) is 0 Å². The Kier molecular flexibility index (Phi) is 2.87. The Morgan fingerprint density at radius 2 is 2.05 bits per heavy atom. The van der Waals surface area contributed by atoms with E-state index in [1.165, 1.54) is 6.33 Å². The van der Waals surface area contributed by atoms with Crippen molar-refractivity contribution in [2.45, 2.75) is 11.8 Å². The highest BCUT2D eigenvalue weighted by molar-refractivity contribution is 7.93. The van der Waals surface area contributed by atoms with Crippen LogP contribution < -0.4 is 4.72 Å². The van der Waals surface area contributed by atoms with E-state index in [0.717, 1.165) is 5.56 Å². The third-order valence-electron chi connectivity index (χ3n) is 2.87. The van der Waals surface area contributed by atoms with E-state index in [9.17, 15) is 8.42 Å². The van der Waals surface area contributed by atoms with Crippen LogP contribution in [0.25, 0.3) is 10.9 Å². The average molecular weight is 289 g/mol. The van der Waals surface area contributed by atoms with Gasteiger partial charge in [0.05, 0.1) is 10.4 Å². The van der Waals surface area contributed by atoms with Crippen LogP contribution in [-0.4, -0.2) is 28.6 Å². The first-order chi connectivity index (χ1) is 9.58. The Hall–Kier alpha value is -2.48. The molecule has 0 aliphatic carbocycles. The van der Waals surface area contributed by atoms with Crippen molar-refractivity contribution in [3.8, 4) is 0 Å². The second-order valence-corrected chi connectivity index (χ2v) is 5.87. The molecule has 0 atom stereocenters. The number of H-pyrrole nitrogens is 1. The van der Waals surface area contributed by atoms with Gasteiger partial charge in [0, 0.05) is 11.6 Å². The van der Waals surface area contributed by atoms with E-state index in [2.05, 4.69) is 24.9 Å². The van der Waals surface area contributed by atoms with Crippen molar-refractivity contribution < 1.29 is 8.42 Å². The van der Waals surface area contributed by atoms with Gasteiger partial charge in [-0.15, -0.1) is 0 Å². The lowest BCUT2D eigenvalue weighted by Gasteiger charge is -2.09. The Morgan fingerprint density at radius 3 is 2.80 bits per heavy atom. The lowest BCUT2D eigenvalue weighted by Crippen LogP contribution is -2.14. The second-order valence-electron chi connectivity index (χ2n) is 4.22. The quantitative estimate of drug-likeness (QED) is 0.760. The van der Waals surface area contributed by atoms with Crippen LogP contribution in [0.3, 0.4) is 0 Å². The molecule has 0 unspecified atom stereocenters. The van der Waals surface area contributed by atoms with Gasteiger partial charge in [-0.1, -0.05) is 6.07 Å². The third kappa shape index (κ3) is 2.10. The zero-order valence-electron chi connectivity index (χ0n) is 10.5. The molecule has 3 aromatic rings. The Morgan fingerprint density at radius 1 is 1.20 bits per heavy atom. The Labute approximate surface area is 115 Å². The van der Waals surface area contributed by atoms with Crippen LogP contribution in [0.4, 0.5) is 5.95 Å². The van der Waals surface area contributed by atoms with Crippen LogP contribution in [0.2, 0.25) is 0 Å². The predicted molar refractivity (Wildman–Crippen MR) is 73.7 cm³/mol. The highest BCUT2D eigenvalue weighted by Gasteiger charge is 2.19. The number of benzene rings is 1. The van der Waals surface area contributed by atoms with Gasteiger partial charge < -0.3 is 0 Å². The van der Waals surface area contributed by atoms with E-state index < -0.39 is 10.0 Å². The van der Waals surface area contributed by atoms with E-state index in [0.29, 0.717) is 10.9 Å². The van der Waals surface area contributed by atoms with Crippen molar-refractivity contribution in [2.24, 2.45) is 0 Å². The highest BCUT2D eigenvalue weighted by atomic mass is 32.2. The summed E-state index contributed by atoms with van der Waals surface area (Å²) in [6.07, 6.45) is 2.86. The number of hydrogen-bond donors (Lipinski definition) is 2. The summed E-state index contributed by atoms with van der Waals surface area (Å²) in [7, 11) is -3.75. The summed E-state index contributed by atoms with van der Waals surface area (Å²) in [5, 5.41) is 6.63. The molecule has 0 fully saturated rings. The number of sulfonamides is 1. The summed E-state index contributed by atoms with van der Waals surface area (Å²) in [4.78, 5) is 8.13. The van der Waals surface area contributed by atoms with Crippen LogP contribution in [0, 0.1) is 6.92 Å². The van der Waals surface area contributed by atoms with Crippen LogP contribution in [0.1, 0.15) is 5.56 Å². The summed E-state index contributed by atoms with van der Waals surface area (Å²) < 4.78 is 27.1. The fourth-order valence-corrected chi connectivity index (χ4v) is 3.12. The minimum atomic E-state index is -3.75. The molecule has 0 amide bonds. The number of anilines is 1. The van der Waals surface area contributed by atoms with Crippen LogP contribution in [0.5, 0.6) is 0 Å². The van der Waals surface area contributed by atoms with E-state index in [-0.39, 0.29) is 10.8 Å². The maximum absolute atomic E-state index is 12.4. The zero-order chi connectivity index (χ0) is 14.2. The maximum atomic E-state index is 12.4. The first-order valence-electron chi connectivity index (χ1n) is 5.80. The first kappa shape index (κ1) is 12.5. The fourth-order valence-electron chi connectivity index (χ4n) is 1.96. The number of rotatable bonds is 3. The standard InChI is InChI=1S/C12H11N5O2S/c1-8-4-5-10(9-3-2-6-13-11(8)9)20(18,19)17-12-14-7-15-16-12/h2-7H,1H3,(H2,14,15,16,17). The summed E-state index contributed by atoms with van der Waals surface area (Å²) in [6, 6.07) is 6.71. The van der Waals surface area contributed by atoms with Crippen molar-refractivity contribution in [3.05, 3.63) is 42.4 Å². The molecular formula is C12H11N5O2S. The summed E-state index contributed by atoms with van der Waals surface area (Å²) >= 11 is 0. The predicted octanol–water partition coefficient (Wildman–Crippen LogP) is 1.46. The molecule has 2 N–H and O–H groups in total. The Balaban J connectivity index is 2.17. The van der Waals surface area contributed by atoms with Gasteiger partial charge in [0.15, 0.2) is 0 Å². The van der Waals surface area contributed by atoms with Crippen LogP contribution >= 0.6 is 0 Å². The number of hydrogen-bond acceptors (Lipinski definition) is 5. The number of aryl methyl sites for hydroxylation is 1. The molecule has 102 valence electrons. The summed E-state index contributed by atoms with van der Waals surface area (Å²) in [5.74, 6) is 0.0719. The van der Waals surface area contributed by atoms with Gasteiger partial charge in [0.2, 0.25) is 5.95 Å². The van der Waals surface area contributed by atoms with Crippen molar-refractivity contribution in [2.75, 3.05) is 4.72 Å². The van der Waals surface area contributed by atoms with Gasteiger partial charge in [0.25, 0.3) is 10.0 Å². The topological polar surface area (TPSA) is 101 Å². The first-order valence-corrected chi connectivity index (χ1v) is 7.29.